The Morgan fingerprint density at radius 3 is 1.68 bits per heavy atom. The smallest absolute Gasteiger partial charge is 0.200 e. The molecule has 0 unspecified atom stereocenters. The van der Waals surface area contributed by atoms with E-state index < -0.39 is 60.3 Å². The molecule has 0 aromatic heterocycles. The summed E-state index contributed by atoms with van der Waals surface area (Å²) in [7, 11) is 0. The van der Waals surface area contributed by atoms with Crippen LogP contribution in [0.5, 0.6) is 0 Å². The van der Waals surface area contributed by atoms with Crippen molar-refractivity contribution in [2.45, 2.75) is 48.7 Å². The molecule has 0 nitrogen and oxygen atoms in total. The van der Waals surface area contributed by atoms with Crippen molar-refractivity contribution >= 4 is 40.6 Å². The first kappa shape index (κ1) is 22.5. The van der Waals surface area contributed by atoms with Gasteiger partial charge < -0.3 is 0 Å². The molecule has 0 saturated carbocycles. The van der Waals surface area contributed by atoms with Gasteiger partial charge in [0.15, 0.2) is 0 Å². The van der Waals surface area contributed by atoms with E-state index in [-0.39, 0.29) is 6.04 Å². The molecule has 0 heterocycles. The van der Waals surface area contributed by atoms with Crippen molar-refractivity contribution in [3.63, 3.8) is 0 Å². The average molecular weight is 421 g/mol. The molecular formula is C9H11Cl2F9SSi. The third-order valence-electron chi connectivity index (χ3n) is 2.37. The molecule has 0 N–H and O–H groups in total. The van der Waals surface area contributed by atoms with Gasteiger partial charge in [-0.2, -0.15) is 39.5 Å². The van der Waals surface area contributed by atoms with Gasteiger partial charge in [-0.05, 0) is 18.3 Å². The standard InChI is InChI=1S/C9H11Cl2F9SSi/c1-22(10,11)5-4-21-9(19,20)8(17,18)6(12,13)2-3-7(14,15)16/h2-5H2,1H3. The van der Waals surface area contributed by atoms with Gasteiger partial charge in [0.2, 0.25) is 6.69 Å². The molecular weight excluding hydrogens is 410 g/mol. The van der Waals surface area contributed by atoms with E-state index in [1.54, 1.807) is 0 Å². The van der Waals surface area contributed by atoms with Crippen molar-refractivity contribution < 1.29 is 39.5 Å². The highest BCUT2D eigenvalue weighted by molar-refractivity contribution is 8.00. The minimum absolute atomic E-state index is 0.277. The lowest BCUT2D eigenvalue weighted by atomic mass is 10.1. The first-order valence-corrected chi connectivity index (χ1v) is 11.3. The zero-order chi connectivity index (χ0) is 18.0. The second-order valence-electron chi connectivity index (χ2n) is 4.58. The van der Waals surface area contributed by atoms with E-state index in [1.165, 1.54) is 6.55 Å². The van der Waals surface area contributed by atoms with Gasteiger partial charge in [0, 0.05) is 12.8 Å². The van der Waals surface area contributed by atoms with Gasteiger partial charge in [0.1, 0.15) is 0 Å². The zero-order valence-corrected chi connectivity index (χ0v) is 14.2. The lowest BCUT2D eigenvalue weighted by Crippen LogP contribution is -2.53. The quantitative estimate of drug-likeness (QED) is 0.246. The van der Waals surface area contributed by atoms with Crippen LogP contribution in [-0.2, 0) is 0 Å². The SMILES string of the molecule is C[Si](Cl)(Cl)CCSC(F)(F)C(F)(F)C(F)(F)CCC(F)(F)F. The molecule has 22 heavy (non-hydrogen) atoms. The summed E-state index contributed by atoms with van der Waals surface area (Å²) >= 11 is 10.3. The Hall–Kier alpha value is 0.517. The van der Waals surface area contributed by atoms with Gasteiger partial charge in [-0.1, -0.05) is 11.8 Å². The van der Waals surface area contributed by atoms with Crippen LogP contribution >= 0.6 is 33.9 Å². The number of rotatable bonds is 8. The van der Waals surface area contributed by atoms with Crippen LogP contribution in [0.25, 0.3) is 0 Å². The molecule has 0 atom stereocenters. The van der Waals surface area contributed by atoms with E-state index in [0.717, 1.165) is 0 Å². The molecule has 0 aromatic rings. The van der Waals surface area contributed by atoms with Crippen LogP contribution in [-0.4, -0.2) is 35.7 Å². The maximum Gasteiger partial charge on any atom is 0.389 e. The van der Waals surface area contributed by atoms with Crippen LogP contribution in [0.2, 0.25) is 12.6 Å². The predicted octanol–water partition coefficient (Wildman–Crippen LogP) is 6.48. The molecule has 0 fully saturated rings. The Morgan fingerprint density at radius 2 is 1.32 bits per heavy atom. The fourth-order valence-corrected chi connectivity index (χ4v) is 4.94. The highest BCUT2D eigenvalue weighted by atomic mass is 35.7. The van der Waals surface area contributed by atoms with E-state index >= 15 is 0 Å². The van der Waals surface area contributed by atoms with E-state index in [9.17, 15) is 39.5 Å². The summed E-state index contributed by atoms with van der Waals surface area (Å²) < 4.78 is 115. The largest absolute Gasteiger partial charge is 0.389 e. The number of halogens is 11. The van der Waals surface area contributed by atoms with Crippen molar-refractivity contribution in [1.82, 2.24) is 0 Å². The molecule has 0 radical (unpaired) electrons. The predicted molar refractivity (Wildman–Crippen MR) is 70.7 cm³/mol. The molecule has 0 spiro atoms. The summed E-state index contributed by atoms with van der Waals surface area (Å²) in [5.41, 5.74) is 0. The monoisotopic (exact) mass is 420 g/mol. The fourth-order valence-electron chi connectivity index (χ4n) is 1.12. The molecule has 0 aliphatic rings. The summed E-state index contributed by atoms with van der Waals surface area (Å²) in [6.07, 6.45) is -9.89. The number of alkyl halides is 9. The molecule has 0 aliphatic carbocycles. The lowest BCUT2D eigenvalue weighted by molar-refractivity contribution is -0.284. The molecule has 0 aromatic carbocycles. The van der Waals surface area contributed by atoms with Gasteiger partial charge in [-0.15, -0.1) is 22.2 Å². The Labute approximate surface area is 135 Å². The Bertz CT molecular complexity index is 367. The minimum Gasteiger partial charge on any atom is -0.200 e. The van der Waals surface area contributed by atoms with Crippen LogP contribution in [0.1, 0.15) is 12.8 Å². The van der Waals surface area contributed by atoms with Crippen molar-refractivity contribution in [2.75, 3.05) is 5.75 Å². The van der Waals surface area contributed by atoms with Gasteiger partial charge >= 0.3 is 23.3 Å². The average Bonchev–Trinajstić information content (AvgIpc) is 2.23. The molecule has 134 valence electrons. The van der Waals surface area contributed by atoms with Gasteiger partial charge in [-0.3, -0.25) is 0 Å². The summed E-state index contributed by atoms with van der Waals surface area (Å²) in [5, 5.41) is -5.25. The van der Waals surface area contributed by atoms with E-state index in [1.807, 2.05) is 0 Å². The van der Waals surface area contributed by atoms with Crippen molar-refractivity contribution in [3.8, 4) is 0 Å². The van der Waals surface area contributed by atoms with Crippen molar-refractivity contribution in [1.29, 1.82) is 0 Å². The van der Waals surface area contributed by atoms with Gasteiger partial charge in [0.25, 0.3) is 0 Å². The van der Waals surface area contributed by atoms with Crippen LogP contribution < -0.4 is 0 Å². The number of thioether (sulfide) groups is 1. The first-order valence-electron chi connectivity index (χ1n) is 5.63. The highest BCUT2D eigenvalue weighted by Crippen LogP contribution is 2.53. The molecule has 0 aliphatic heterocycles. The van der Waals surface area contributed by atoms with Gasteiger partial charge in [-0.25, -0.2) is 0 Å². The fraction of sp³-hybridized carbons (Fsp3) is 1.00. The molecule has 0 rings (SSSR count). The zero-order valence-electron chi connectivity index (χ0n) is 10.9. The maximum absolute atomic E-state index is 13.3. The van der Waals surface area contributed by atoms with Crippen LogP contribution in [0.4, 0.5) is 39.5 Å². The molecule has 0 saturated heterocycles. The number of hydrogen-bond acceptors (Lipinski definition) is 1. The summed E-state index contributed by atoms with van der Waals surface area (Å²) in [6.45, 7) is -1.58. The molecule has 0 amide bonds. The third kappa shape index (κ3) is 6.96. The maximum atomic E-state index is 13.3. The third-order valence-corrected chi connectivity index (χ3v) is 6.02. The van der Waals surface area contributed by atoms with E-state index in [4.69, 9.17) is 22.2 Å². The van der Waals surface area contributed by atoms with E-state index in [2.05, 4.69) is 0 Å². The normalized spacial score (nSPS) is 15.3. The summed E-state index contributed by atoms with van der Waals surface area (Å²) in [5.74, 6) is -12.2. The van der Waals surface area contributed by atoms with E-state index in [0.29, 0.717) is 0 Å². The summed E-state index contributed by atoms with van der Waals surface area (Å²) in [4.78, 5) is 0. The van der Waals surface area contributed by atoms with Gasteiger partial charge in [0.05, 0.1) is 0 Å². The van der Waals surface area contributed by atoms with Crippen molar-refractivity contribution in [3.05, 3.63) is 0 Å². The molecule has 13 heteroatoms. The first-order chi connectivity index (χ1) is 9.41. The topological polar surface area (TPSA) is 0 Å². The number of hydrogen-bond donors (Lipinski definition) is 0. The van der Waals surface area contributed by atoms with Crippen LogP contribution in [0, 0.1) is 0 Å². The Balaban J connectivity index is 4.92. The van der Waals surface area contributed by atoms with Crippen molar-refractivity contribution in [2.24, 2.45) is 0 Å². The second-order valence-corrected chi connectivity index (χ2v) is 14.0. The van der Waals surface area contributed by atoms with Crippen LogP contribution in [0.15, 0.2) is 0 Å². The highest BCUT2D eigenvalue weighted by Gasteiger charge is 2.71. The molecule has 0 bridgehead atoms. The Kier molecular flexibility index (Phi) is 7.35. The lowest BCUT2D eigenvalue weighted by Gasteiger charge is -2.32. The summed E-state index contributed by atoms with van der Waals surface area (Å²) in [6, 6.07) is -0.277. The Morgan fingerprint density at radius 1 is 0.864 bits per heavy atom. The minimum atomic E-state index is -5.94. The second kappa shape index (κ2) is 7.18. The van der Waals surface area contributed by atoms with Crippen LogP contribution in [0.3, 0.4) is 0 Å².